The fraction of sp³-hybridized carbons (Fsp3) is 0.188. The van der Waals surface area contributed by atoms with Gasteiger partial charge in [-0.15, -0.1) is 0 Å². The largest absolute Gasteiger partial charge is 0.390 e. The molecule has 103 valence electrons. The van der Waals surface area contributed by atoms with E-state index >= 15 is 0 Å². The molecule has 0 aliphatic carbocycles. The molecule has 0 spiro atoms. The van der Waals surface area contributed by atoms with Crippen LogP contribution in [-0.4, -0.2) is 6.21 Å². The van der Waals surface area contributed by atoms with Gasteiger partial charge < -0.3 is 4.84 Å². The van der Waals surface area contributed by atoms with E-state index in [4.69, 9.17) is 4.84 Å². The van der Waals surface area contributed by atoms with Gasteiger partial charge in [0.2, 0.25) is 0 Å². The number of halogens is 2. The molecule has 2 nitrogen and oxygen atoms in total. The zero-order valence-corrected chi connectivity index (χ0v) is 11.0. The van der Waals surface area contributed by atoms with E-state index in [1.54, 1.807) is 12.1 Å². The molecular formula is C16H14F2NO. The molecule has 2 aromatic rings. The van der Waals surface area contributed by atoms with E-state index < -0.39 is 6.43 Å². The molecule has 2 aromatic carbocycles. The van der Waals surface area contributed by atoms with Gasteiger partial charge in [0, 0.05) is 11.1 Å². The standard InChI is InChI=1S/C16H14F2NO/c1-12-5-2-3-7-15(12)11-20-19-10-13-6-4-8-14(9-13)16(17)18/h2-9,16H,11H2,1H3. The zero-order chi connectivity index (χ0) is 14.4. The van der Waals surface area contributed by atoms with E-state index in [0.717, 1.165) is 11.1 Å². The lowest BCUT2D eigenvalue weighted by molar-refractivity contribution is 0.131. The van der Waals surface area contributed by atoms with Gasteiger partial charge in [-0.05, 0) is 24.1 Å². The fourth-order valence-corrected chi connectivity index (χ4v) is 1.70. The molecule has 0 unspecified atom stereocenters. The van der Waals surface area contributed by atoms with Crippen LogP contribution in [0.15, 0.2) is 53.7 Å². The first-order valence-electron chi connectivity index (χ1n) is 6.17. The Morgan fingerprint density at radius 2 is 1.95 bits per heavy atom. The normalized spacial score (nSPS) is 11.2. The molecule has 0 bridgehead atoms. The number of rotatable bonds is 5. The Hall–Kier alpha value is -2.23. The summed E-state index contributed by atoms with van der Waals surface area (Å²) < 4.78 is 25.0. The van der Waals surface area contributed by atoms with E-state index in [-0.39, 0.29) is 5.56 Å². The van der Waals surface area contributed by atoms with E-state index in [1.165, 1.54) is 12.1 Å². The van der Waals surface area contributed by atoms with Crippen molar-refractivity contribution in [2.24, 2.45) is 5.16 Å². The number of benzene rings is 2. The Labute approximate surface area is 116 Å². The second-order valence-corrected chi connectivity index (χ2v) is 4.33. The molecule has 0 fully saturated rings. The van der Waals surface area contributed by atoms with Crippen LogP contribution in [0.1, 0.15) is 28.7 Å². The predicted octanol–water partition coefficient (Wildman–Crippen LogP) is 4.36. The highest BCUT2D eigenvalue weighted by molar-refractivity contribution is 5.79. The molecule has 2 rings (SSSR count). The molecule has 0 atom stereocenters. The minimum atomic E-state index is -2.50. The average Bonchev–Trinajstić information content (AvgIpc) is 2.45. The molecule has 0 saturated heterocycles. The maximum Gasteiger partial charge on any atom is 0.263 e. The Kier molecular flexibility index (Phi) is 4.82. The smallest absolute Gasteiger partial charge is 0.263 e. The van der Waals surface area contributed by atoms with Crippen molar-refractivity contribution in [3.63, 3.8) is 0 Å². The van der Waals surface area contributed by atoms with Gasteiger partial charge in [-0.25, -0.2) is 8.78 Å². The van der Waals surface area contributed by atoms with E-state index in [2.05, 4.69) is 11.4 Å². The number of nitrogens with zero attached hydrogens (tertiary/aromatic N) is 1. The van der Waals surface area contributed by atoms with Crippen molar-refractivity contribution in [1.82, 2.24) is 0 Å². The highest BCUT2D eigenvalue weighted by Gasteiger charge is 2.06. The first-order valence-corrected chi connectivity index (χ1v) is 6.17. The second kappa shape index (κ2) is 6.80. The first kappa shape index (κ1) is 14.2. The minimum Gasteiger partial charge on any atom is -0.390 e. The molecule has 0 heterocycles. The first-order chi connectivity index (χ1) is 9.66. The Morgan fingerprint density at radius 1 is 1.15 bits per heavy atom. The number of aryl methyl sites for hydroxylation is 1. The Balaban J connectivity index is 1.94. The highest BCUT2D eigenvalue weighted by atomic mass is 19.3. The molecular weight excluding hydrogens is 260 g/mol. The third-order valence-corrected chi connectivity index (χ3v) is 2.86. The summed E-state index contributed by atoms with van der Waals surface area (Å²) >= 11 is 0. The van der Waals surface area contributed by atoms with Crippen LogP contribution in [0.4, 0.5) is 8.78 Å². The summed E-state index contributed by atoms with van der Waals surface area (Å²) in [5.41, 5.74) is 2.55. The Bertz CT molecular complexity index is 597. The monoisotopic (exact) mass is 274 g/mol. The maximum atomic E-state index is 12.5. The van der Waals surface area contributed by atoms with E-state index in [9.17, 15) is 8.78 Å². The summed E-state index contributed by atoms with van der Waals surface area (Å²) in [5.74, 6) is 0. The van der Waals surface area contributed by atoms with Gasteiger partial charge in [0.1, 0.15) is 12.8 Å². The summed E-state index contributed by atoms with van der Waals surface area (Å²) in [7, 11) is 0. The quantitative estimate of drug-likeness (QED) is 0.586. The van der Waals surface area contributed by atoms with E-state index in [0.29, 0.717) is 12.2 Å². The zero-order valence-electron chi connectivity index (χ0n) is 11.0. The molecule has 1 radical (unpaired) electrons. The molecule has 0 N–H and O–H groups in total. The van der Waals surface area contributed by atoms with Gasteiger partial charge in [-0.3, -0.25) is 0 Å². The van der Waals surface area contributed by atoms with Crippen molar-refractivity contribution in [3.05, 3.63) is 70.8 Å². The molecule has 0 aliphatic rings. The summed E-state index contributed by atoms with van der Waals surface area (Å²) in [6.45, 7) is 2.31. The van der Waals surface area contributed by atoms with Crippen LogP contribution in [0.2, 0.25) is 0 Å². The number of alkyl halides is 2. The van der Waals surface area contributed by atoms with Crippen LogP contribution in [-0.2, 0) is 11.4 Å². The number of hydrogen-bond donors (Lipinski definition) is 0. The molecule has 0 amide bonds. The third kappa shape index (κ3) is 3.88. The predicted molar refractivity (Wildman–Crippen MR) is 73.9 cm³/mol. The van der Waals surface area contributed by atoms with Crippen LogP contribution in [0.25, 0.3) is 0 Å². The van der Waals surface area contributed by atoms with E-state index in [1.807, 2.05) is 31.2 Å². The summed E-state index contributed by atoms with van der Waals surface area (Å²) in [6.07, 6.45) is 0.103. The second-order valence-electron chi connectivity index (χ2n) is 4.33. The van der Waals surface area contributed by atoms with Gasteiger partial charge in [-0.1, -0.05) is 47.6 Å². The molecule has 0 saturated carbocycles. The van der Waals surface area contributed by atoms with Gasteiger partial charge in [-0.2, -0.15) is 0 Å². The summed E-state index contributed by atoms with van der Waals surface area (Å²) in [5, 5.41) is 3.68. The van der Waals surface area contributed by atoms with Crippen LogP contribution in [0, 0.1) is 6.92 Å². The third-order valence-electron chi connectivity index (χ3n) is 2.86. The van der Waals surface area contributed by atoms with Crippen molar-refractivity contribution in [3.8, 4) is 0 Å². The molecule has 0 aromatic heterocycles. The van der Waals surface area contributed by atoms with Crippen LogP contribution in [0.5, 0.6) is 0 Å². The van der Waals surface area contributed by atoms with Gasteiger partial charge in [0.25, 0.3) is 6.43 Å². The van der Waals surface area contributed by atoms with Crippen molar-refractivity contribution in [2.45, 2.75) is 20.0 Å². The average molecular weight is 274 g/mol. The summed E-state index contributed by atoms with van der Waals surface area (Å²) in [6, 6.07) is 13.7. The van der Waals surface area contributed by atoms with Crippen LogP contribution < -0.4 is 0 Å². The molecule has 0 aliphatic heterocycles. The lowest BCUT2D eigenvalue weighted by Gasteiger charge is -2.03. The van der Waals surface area contributed by atoms with Crippen molar-refractivity contribution >= 4 is 6.21 Å². The topological polar surface area (TPSA) is 21.6 Å². The highest BCUT2D eigenvalue weighted by Crippen LogP contribution is 2.18. The maximum absolute atomic E-state index is 12.5. The Morgan fingerprint density at radius 3 is 2.70 bits per heavy atom. The lowest BCUT2D eigenvalue weighted by atomic mass is 10.1. The van der Waals surface area contributed by atoms with Gasteiger partial charge in [0.15, 0.2) is 0 Å². The molecule has 20 heavy (non-hydrogen) atoms. The van der Waals surface area contributed by atoms with Gasteiger partial charge in [0.05, 0.1) is 0 Å². The van der Waals surface area contributed by atoms with Gasteiger partial charge >= 0.3 is 0 Å². The fourth-order valence-electron chi connectivity index (χ4n) is 1.70. The van der Waals surface area contributed by atoms with Crippen molar-refractivity contribution < 1.29 is 13.6 Å². The SMILES string of the molecule is Cc1ccccc1CO/N=[C]\c1cccc(C(F)F)c1. The number of hydrogen-bond acceptors (Lipinski definition) is 2. The van der Waals surface area contributed by atoms with Crippen molar-refractivity contribution in [2.75, 3.05) is 0 Å². The molecule has 4 heteroatoms. The van der Waals surface area contributed by atoms with Crippen LogP contribution >= 0.6 is 0 Å². The van der Waals surface area contributed by atoms with Crippen LogP contribution in [0.3, 0.4) is 0 Å². The minimum absolute atomic E-state index is 0.0518. The summed E-state index contributed by atoms with van der Waals surface area (Å²) in [4.78, 5) is 5.13. The van der Waals surface area contributed by atoms with Crippen molar-refractivity contribution in [1.29, 1.82) is 0 Å². The lowest BCUT2D eigenvalue weighted by Crippen LogP contribution is -1.92.